The molecule has 2 saturated heterocycles. The molecular formula is C21H29N3O2. The number of benzene rings is 1. The molecular weight excluding hydrogens is 326 g/mol. The zero-order valence-electron chi connectivity index (χ0n) is 15.4. The minimum atomic E-state index is -0.158. The van der Waals surface area contributed by atoms with E-state index in [1.807, 2.05) is 11.0 Å². The number of hydrogen-bond acceptors (Lipinski definition) is 3. The second-order valence-corrected chi connectivity index (χ2v) is 8.03. The molecule has 140 valence electrons. The van der Waals surface area contributed by atoms with Crippen LogP contribution in [-0.4, -0.2) is 53.3 Å². The van der Waals surface area contributed by atoms with Gasteiger partial charge in [-0.25, -0.2) is 0 Å². The van der Waals surface area contributed by atoms with E-state index in [0.717, 1.165) is 32.4 Å². The van der Waals surface area contributed by atoms with Gasteiger partial charge in [0.2, 0.25) is 11.8 Å². The summed E-state index contributed by atoms with van der Waals surface area (Å²) in [5.41, 5.74) is 1.33. The zero-order valence-corrected chi connectivity index (χ0v) is 15.4. The van der Waals surface area contributed by atoms with Crippen molar-refractivity contribution in [3.8, 4) is 0 Å². The van der Waals surface area contributed by atoms with Gasteiger partial charge < -0.3 is 10.2 Å². The molecule has 2 unspecified atom stereocenters. The molecule has 4 rings (SSSR count). The van der Waals surface area contributed by atoms with Crippen LogP contribution in [0.1, 0.15) is 44.1 Å². The smallest absolute Gasteiger partial charge is 0.225 e. The number of likely N-dealkylation sites (tertiary alicyclic amines) is 2. The van der Waals surface area contributed by atoms with E-state index in [1.54, 1.807) is 0 Å². The lowest BCUT2D eigenvalue weighted by molar-refractivity contribution is -0.129. The number of rotatable bonds is 6. The first-order valence-corrected chi connectivity index (χ1v) is 10.1. The molecule has 1 aromatic rings. The highest BCUT2D eigenvalue weighted by atomic mass is 16.2. The standard InChI is InChI=1S/C21H29N3O2/c25-20-12-17(15-24(20)18-9-10-18)21(26)22-13-19-8-4-5-11-23(19)14-16-6-2-1-3-7-16/h1-3,6-7,17-19H,4-5,8-15H2,(H,22,26). The molecule has 0 spiro atoms. The minimum Gasteiger partial charge on any atom is -0.354 e. The molecule has 3 aliphatic rings. The second kappa shape index (κ2) is 7.78. The normalized spacial score (nSPS) is 26.9. The Bertz CT molecular complexity index is 644. The van der Waals surface area contributed by atoms with Gasteiger partial charge in [-0.05, 0) is 37.8 Å². The monoisotopic (exact) mass is 355 g/mol. The zero-order chi connectivity index (χ0) is 17.9. The first-order chi connectivity index (χ1) is 12.7. The van der Waals surface area contributed by atoms with E-state index >= 15 is 0 Å². The summed E-state index contributed by atoms with van der Waals surface area (Å²) < 4.78 is 0. The summed E-state index contributed by atoms with van der Waals surface area (Å²) in [6.07, 6.45) is 6.19. The third-order valence-corrected chi connectivity index (χ3v) is 6.01. The number of carbonyl (C=O) groups excluding carboxylic acids is 2. The number of amides is 2. The minimum absolute atomic E-state index is 0.0618. The molecule has 0 aromatic heterocycles. The Hall–Kier alpha value is -1.88. The molecule has 1 N–H and O–H groups in total. The van der Waals surface area contributed by atoms with E-state index in [0.29, 0.717) is 31.6 Å². The lowest BCUT2D eigenvalue weighted by atomic mass is 10.0. The summed E-state index contributed by atoms with van der Waals surface area (Å²) in [7, 11) is 0. The quantitative estimate of drug-likeness (QED) is 0.851. The number of piperidine rings is 1. The molecule has 2 heterocycles. The van der Waals surface area contributed by atoms with E-state index in [1.165, 1.54) is 18.4 Å². The van der Waals surface area contributed by atoms with Crippen molar-refractivity contribution in [3.05, 3.63) is 35.9 Å². The first kappa shape index (κ1) is 17.5. The van der Waals surface area contributed by atoms with Crippen molar-refractivity contribution in [2.75, 3.05) is 19.6 Å². The van der Waals surface area contributed by atoms with Crippen LogP contribution in [0.25, 0.3) is 0 Å². The molecule has 1 aliphatic carbocycles. The van der Waals surface area contributed by atoms with Gasteiger partial charge in [-0.2, -0.15) is 0 Å². The van der Waals surface area contributed by atoms with E-state index in [9.17, 15) is 9.59 Å². The number of carbonyl (C=O) groups is 2. The van der Waals surface area contributed by atoms with Gasteiger partial charge in [-0.3, -0.25) is 14.5 Å². The largest absolute Gasteiger partial charge is 0.354 e. The molecule has 1 saturated carbocycles. The highest BCUT2D eigenvalue weighted by molar-refractivity contribution is 5.89. The van der Waals surface area contributed by atoms with Gasteiger partial charge >= 0.3 is 0 Å². The van der Waals surface area contributed by atoms with Crippen LogP contribution in [0.2, 0.25) is 0 Å². The molecule has 26 heavy (non-hydrogen) atoms. The Morgan fingerprint density at radius 1 is 1.12 bits per heavy atom. The maximum Gasteiger partial charge on any atom is 0.225 e. The van der Waals surface area contributed by atoms with Crippen LogP contribution in [0.3, 0.4) is 0 Å². The van der Waals surface area contributed by atoms with E-state index in [-0.39, 0.29) is 17.7 Å². The average Bonchev–Trinajstić information content (AvgIpc) is 3.43. The number of nitrogens with zero attached hydrogens (tertiary/aromatic N) is 2. The Kier molecular flexibility index (Phi) is 5.25. The number of nitrogens with one attached hydrogen (secondary N) is 1. The molecule has 5 nitrogen and oxygen atoms in total. The summed E-state index contributed by atoms with van der Waals surface area (Å²) in [6, 6.07) is 11.4. The van der Waals surface area contributed by atoms with Crippen LogP contribution in [0.4, 0.5) is 0 Å². The average molecular weight is 355 g/mol. The van der Waals surface area contributed by atoms with Gasteiger partial charge in [0.1, 0.15) is 0 Å². The lowest BCUT2D eigenvalue weighted by Gasteiger charge is -2.36. The fourth-order valence-corrected chi connectivity index (χ4v) is 4.33. The highest BCUT2D eigenvalue weighted by Gasteiger charge is 2.41. The Balaban J connectivity index is 1.29. The van der Waals surface area contributed by atoms with Crippen molar-refractivity contribution >= 4 is 11.8 Å². The van der Waals surface area contributed by atoms with Crippen LogP contribution >= 0.6 is 0 Å². The Morgan fingerprint density at radius 3 is 2.69 bits per heavy atom. The van der Waals surface area contributed by atoms with Crippen molar-refractivity contribution in [2.45, 2.75) is 57.2 Å². The lowest BCUT2D eigenvalue weighted by Crippen LogP contribution is -2.47. The molecule has 2 atom stereocenters. The predicted molar refractivity (Wildman–Crippen MR) is 100 cm³/mol. The van der Waals surface area contributed by atoms with Gasteiger partial charge in [-0.15, -0.1) is 0 Å². The van der Waals surface area contributed by atoms with Gasteiger partial charge in [0.05, 0.1) is 5.92 Å². The second-order valence-electron chi connectivity index (χ2n) is 8.03. The summed E-state index contributed by atoms with van der Waals surface area (Å²) in [5, 5.41) is 3.15. The fraction of sp³-hybridized carbons (Fsp3) is 0.619. The summed E-state index contributed by atoms with van der Waals surface area (Å²) in [4.78, 5) is 29.1. The molecule has 2 aliphatic heterocycles. The van der Waals surface area contributed by atoms with Crippen molar-refractivity contribution in [2.24, 2.45) is 5.92 Å². The first-order valence-electron chi connectivity index (χ1n) is 10.1. The maximum atomic E-state index is 12.6. The van der Waals surface area contributed by atoms with Gasteiger partial charge in [0.15, 0.2) is 0 Å². The molecule has 0 radical (unpaired) electrons. The summed E-state index contributed by atoms with van der Waals surface area (Å²) >= 11 is 0. The van der Waals surface area contributed by atoms with Crippen LogP contribution in [0.5, 0.6) is 0 Å². The third-order valence-electron chi connectivity index (χ3n) is 6.01. The van der Waals surface area contributed by atoms with Crippen LogP contribution < -0.4 is 5.32 Å². The van der Waals surface area contributed by atoms with Crippen molar-refractivity contribution in [1.29, 1.82) is 0 Å². The summed E-state index contributed by atoms with van der Waals surface area (Å²) in [6.45, 7) is 3.35. The molecule has 3 fully saturated rings. The summed E-state index contributed by atoms with van der Waals surface area (Å²) in [5.74, 6) is 0.0667. The molecule has 1 aromatic carbocycles. The van der Waals surface area contributed by atoms with Crippen molar-refractivity contribution in [1.82, 2.24) is 15.1 Å². The predicted octanol–water partition coefficient (Wildman–Crippen LogP) is 2.17. The van der Waals surface area contributed by atoms with Gasteiger partial charge in [0, 0.05) is 38.1 Å². The van der Waals surface area contributed by atoms with Gasteiger partial charge in [0.25, 0.3) is 0 Å². The SMILES string of the molecule is O=C(NCC1CCCCN1Cc1ccccc1)C1CC(=O)N(C2CC2)C1. The molecule has 2 amide bonds. The van der Waals surface area contributed by atoms with Crippen LogP contribution in [0.15, 0.2) is 30.3 Å². The van der Waals surface area contributed by atoms with E-state index in [4.69, 9.17) is 0 Å². The van der Waals surface area contributed by atoms with Crippen LogP contribution in [0, 0.1) is 5.92 Å². The number of hydrogen-bond donors (Lipinski definition) is 1. The van der Waals surface area contributed by atoms with Crippen molar-refractivity contribution < 1.29 is 9.59 Å². The Morgan fingerprint density at radius 2 is 1.92 bits per heavy atom. The Labute approximate surface area is 155 Å². The molecule has 5 heteroatoms. The highest BCUT2D eigenvalue weighted by Crippen LogP contribution is 2.32. The topological polar surface area (TPSA) is 52.7 Å². The van der Waals surface area contributed by atoms with E-state index < -0.39 is 0 Å². The fourth-order valence-electron chi connectivity index (χ4n) is 4.33. The third kappa shape index (κ3) is 4.09. The van der Waals surface area contributed by atoms with Crippen molar-refractivity contribution in [3.63, 3.8) is 0 Å². The van der Waals surface area contributed by atoms with Gasteiger partial charge in [-0.1, -0.05) is 36.8 Å². The maximum absolute atomic E-state index is 12.6. The molecule has 0 bridgehead atoms. The van der Waals surface area contributed by atoms with Crippen LogP contribution in [-0.2, 0) is 16.1 Å². The van der Waals surface area contributed by atoms with E-state index in [2.05, 4.69) is 34.5 Å².